The zero-order valence-corrected chi connectivity index (χ0v) is 11.8. The van der Waals surface area contributed by atoms with E-state index in [2.05, 4.69) is 4.90 Å². The second-order valence-electron chi connectivity index (χ2n) is 4.75. The molecule has 2 atom stereocenters. The molecule has 1 heterocycles. The third kappa shape index (κ3) is 2.80. The molecule has 4 heteroatoms. The Morgan fingerprint density at radius 2 is 1.79 bits per heavy atom. The fourth-order valence-electron chi connectivity index (χ4n) is 2.57. The molecule has 19 heavy (non-hydrogen) atoms. The Morgan fingerprint density at radius 3 is 2.32 bits per heavy atom. The number of carbonyl (C=O) groups is 1. The van der Waals surface area contributed by atoms with Crippen molar-refractivity contribution >= 4 is 11.5 Å². The third-order valence-electron chi connectivity index (χ3n) is 3.69. The molecule has 2 unspecified atom stereocenters. The highest BCUT2D eigenvalue weighted by Crippen LogP contribution is 2.27. The summed E-state index contributed by atoms with van der Waals surface area (Å²) in [5.41, 5.74) is 1.77. The van der Waals surface area contributed by atoms with E-state index in [1.54, 1.807) is 14.2 Å². The van der Waals surface area contributed by atoms with Crippen molar-refractivity contribution < 1.29 is 14.3 Å². The van der Waals surface area contributed by atoms with E-state index >= 15 is 0 Å². The number of carbonyl (C=O) groups excluding carboxylic acids is 1. The first-order chi connectivity index (χ1) is 9.21. The summed E-state index contributed by atoms with van der Waals surface area (Å²) >= 11 is 0. The maximum atomic E-state index is 12.0. The first kappa shape index (κ1) is 14.0. The van der Waals surface area contributed by atoms with Crippen LogP contribution >= 0.6 is 0 Å². The molecule has 1 fully saturated rings. The van der Waals surface area contributed by atoms with E-state index in [1.165, 1.54) is 0 Å². The summed E-state index contributed by atoms with van der Waals surface area (Å²) in [7, 11) is 3.40. The molecule has 4 nitrogen and oxygen atoms in total. The van der Waals surface area contributed by atoms with Crippen molar-refractivity contribution in [2.24, 2.45) is 0 Å². The Kier molecular flexibility index (Phi) is 4.56. The standard InChI is InChI=1S/C15H21NO3/c1-4-13(17)11-7-5-6-8-12(11)16-9-14(18-2)15(10-16)19-3/h5-8,14-15H,4,9-10H2,1-3H3. The Labute approximate surface area is 114 Å². The van der Waals surface area contributed by atoms with Gasteiger partial charge in [0, 0.05) is 45.0 Å². The van der Waals surface area contributed by atoms with Gasteiger partial charge in [-0.2, -0.15) is 0 Å². The molecule has 1 saturated heterocycles. The molecule has 0 N–H and O–H groups in total. The summed E-state index contributed by atoms with van der Waals surface area (Å²) in [5, 5.41) is 0. The second-order valence-corrected chi connectivity index (χ2v) is 4.75. The van der Waals surface area contributed by atoms with E-state index in [0.717, 1.165) is 24.3 Å². The van der Waals surface area contributed by atoms with Crippen molar-refractivity contribution in [1.82, 2.24) is 0 Å². The van der Waals surface area contributed by atoms with Gasteiger partial charge in [0.05, 0.1) is 0 Å². The van der Waals surface area contributed by atoms with E-state index in [4.69, 9.17) is 9.47 Å². The molecule has 0 radical (unpaired) electrons. The number of Topliss-reactive ketones (excluding diaryl/α,β-unsaturated/α-hetero) is 1. The number of rotatable bonds is 5. The lowest BCUT2D eigenvalue weighted by atomic mass is 10.1. The summed E-state index contributed by atoms with van der Waals surface area (Å²) < 4.78 is 10.9. The van der Waals surface area contributed by atoms with E-state index in [9.17, 15) is 4.79 Å². The van der Waals surface area contributed by atoms with Crippen LogP contribution < -0.4 is 4.90 Å². The summed E-state index contributed by atoms with van der Waals surface area (Å²) in [6, 6.07) is 7.75. The zero-order valence-electron chi connectivity index (χ0n) is 11.8. The average Bonchev–Trinajstić information content (AvgIpc) is 2.89. The highest BCUT2D eigenvalue weighted by molar-refractivity contribution is 6.01. The zero-order chi connectivity index (χ0) is 13.8. The van der Waals surface area contributed by atoms with E-state index < -0.39 is 0 Å². The van der Waals surface area contributed by atoms with Crippen LogP contribution in [0.2, 0.25) is 0 Å². The summed E-state index contributed by atoms with van der Waals surface area (Å²) in [6.07, 6.45) is 0.622. The predicted molar refractivity (Wildman–Crippen MR) is 74.9 cm³/mol. The molecule has 0 aliphatic carbocycles. The molecular formula is C15H21NO3. The minimum Gasteiger partial charge on any atom is -0.377 e. The van der Waals surface area contributed by atoms with Crippen LogP contribution in [0.1, 0.15) is 23.7 Å². The monoisotopic (exact) mass is 263 g/mol. The molecule has 0 saturated carbocycles. The van der Waals surface area contributed by atoms with Gasteiger partial charge in [-0.15, -0.1) is 0 Å². The molecular weight excluding hydrogens is 242 g/mol. The largest absolute Gasteiger partial charge is 0.377 e. The highest BCUT2D eigenvalue weighted by atomic mass is 16.5. The van der Waals surface area contributed by atoms with E-state index in [0.29, 0.717) is 6.42 Å². The van der Waals surface area contributed by atoms with Gasteiger partial charge in [-0.3, -0.25) is 4.79 Å². The number of ketones is 1. The van der Waals surface area contributed by atoms with Crippen molar-refractivity contribution in [3.8, 4) is 0 Å². The van der Waals surface area contributed by atoms with Crippen LogP contribution in [0.5, 0.6) is 0 Å². The lowest BCUT2D eigenvalue weighted by Crippen LogP contribution is -2.27. The van der Waals surface area contributed by atoms with Crippen molar-refractivity contribution in [1.29, 1.82) is 0 Å². The fourth-order valence-corrected chi connectivity index (χ4v) is 2.57. The minimum absolute atomic E-state index is 0.0507. The normalized spacial score (nSPS) is 22.8. The number of nitrogens with zero attached hydrogens (tertiary/aromatic N) is 1. The van der Waals surface area contributed by atoms with Crippen LogP contribution in [-0.4, -0.2) is 45.3 Å². The van der Waals surface area contributed by atoms with Gasteiger partial charge >= 0.3 is 0 Å². The van der Waals surface area contributed by atoms with Crippen molar-refractivity contribution in [2.45, 2.75) is 25.6 Å². The lowest BCUT2D eigenvalue weighted by molar-refractivity contribution is -0.00461. The Bertz CT molecular complexity index is 435. The molecule has 1 aliphatic heterocycles. The Hall–Kier alpha value is -1.39. The summed E-state index contributed by atoms with van der Waals surface area (Å²) in [5.74, 6) is 0.172. The molecule has 104 valence electrons. The topological polar surface area (TPSA) is 38.8 Å². The fraction of sp³-hybridized carbons (Fsp3) is 0.533. The molecule has 0 amide bonds. The number of hydrogen-bond donors (Lipinski definition) is 0. The minimum atomic E-state index is 0.0507. The van der Waals surface area contributed by atoms with Crippen LogP contribution in [0.4, 0.5) is 5.69 Å². The maximum Gasteiger partial charge on any atom is 0.164 e. The van der Waals surface area contributed by atoms with Gasteiger partial charge in [-0.1, -0.05) is 19.1 Å². The predicted octanol–water partition coefficient (Wildman–Crippen LogP) is 2.13. The number of methoxy groups -OCH3 is 2. The van der Waals surface area contributed by atoms with Crippen molar-refractivity contribution in [3.63, 3.8) is 0 Å². The SMILES string of the molecule is CCC(=O)c1ccccc1N1CC(OC)C(OC)C1. The van der Waals surface area contributed by atoms with Gasteiger partial charge in [0.2, 0.25) is 0 Å². The number of hydrogen-bond acceptors (Lipinski definition) is 4. The molecule has 2 rings (SSSR count). The molecule has 1 aromatic carbocycles. The highest BCUT2D eigenvalue weighted by Gasteiger charge is 2.34. The Morgan fingerprint density at radius 1 is 1.21 bits per heavy atom. The lowest BCUT2D eigenvalue weighted by Gasteiger charge is -2.21. The first-order valence-corrected chi connectivity index (χ1v) is 6.64. The van der Waals surface area contributed by atoms with Crippen LogP contribution in [0.25, 0.3) is 0 Å². The molecule has 1 aliphatic rings. The van der Waals surface area contributed by atoms with E-state index in [-0.39, 0.29) is 18.0 Å². The number of para-hydroxylation sites is 1. The van der Waals surface area contributed by atoms with Crippen LogP contribution in [0, 0.1) is 0 Å². The van der Waals surface area contributed by atoms with Gasteiger partial charge in [0.25, 0.3) is 0 Å². The number of ether oxygens (including phenoxy) is 2. The van der Waals surface area contributed by atoms with Gasteiger partial charge in [0.1, 0.15) is 12.2 Å². The van der Waals surface area contributed by atoms with Gasteiger partial charge in [-0.25, -0.2) is 0 Å². The van der Waals surface area contributed by atoms with E-state index in [1.807, 2.05) is 31.2 Å². The number of benzene rings is 1. The third-order valence-corrected chi connectivity index (χ3v) is 3.69. The van der Waals surface area contributed by atoms with Gasteiger partial charge < -0.3 is 14.4 Å². The summed E-state index contributed by atoms with van der Waals surface area (Å²) in [4.78, 5) is 14.2. The van der Waals surface area contributed by atoms with Crippen LogP contribution in [0.15, 0.2) is 24.3 Å². The Balaban J connectivity index is 2.26. The number of anilines is 1. The first-order valence-electron chi connectivity index (χ1n) is 6.64. The summed E-state index contributed by atoms with van der Waals surface area (Å²) in [6.45, 7) is 3.39. The molecule has 0 spiro atoms. The molecule has 0 aromatic heterocycles. The maximum absolute atomic E-state index is 12.0. The van der Waals surface area contributed by atoms with Crippen LogP contribution in [0.3, 0.4) is 0 Å². The quantitative estimate of drug-likeness (QED) is 0.763. The average molecular weight is 263 g/mol. The molecule has 0 bridgehead atoms. The van der Waals surface area contributed by atoms with Crippen LogP contribution in [-0.2, 0) is 9.47 Å². The van der Waals surface area contributed by atoms with Gasteiger partial charge in [0.15, 0.2) is 5.78 Å². The second kappa shape index (κ2) is 6.17. The molecule has 1 aromatic rings. The van der Waals surface area contributed by atoms with Crippen molar-refractivity contribution in [3.05, 3.63) is 29.8 Å². The van der Waals surface area contributed by atoms with Crippen molar-refractivity contribution in [2.75, 3.05) is 32.2 Å². The smallest absolute Gasteiger partial charge is 0.164 e. The van der Waals surface area contributed by atoms with Gasteiger partial charge in [-0.05, 0) is 12.1 Å².